The maximum atomic E-state index is 11.4. The number of hydrogen-bond acceptors (Lipinski definition) is 3. The van der Waals surface area contributed by atoms with Gasteiger partial charge in [-0.05, 0) is 19.8 Å². The van der Waals surface area contributed by atoms with Crippen molar-refractivity contribution in [3.8, 4) is 0 Å². The first-order chi connectivity index (χ1) is 8.24. The Morgan fingerprint density at radius 3 is 2.35 bits per heavy atom. The van der Waals surface area contributed by atoms with E-state index in [0.717, 1.165) is 32.3 Å². The fraction of sp³-hybridized carbons (Fsp3) is 0.929. The predicted octanol–water partition coefficient (Wildman–Crippen LogP) is 3.71. The summed E-state index contributed by atoms with van der Waals surface area (Å²) in [5.41, 5.74) is 0. The Kier molecular flexibility index (Phi) is 11.5. The van der Waals surface area contributed by atoms with Gasteiger partial charge in [0.25, 0.3) is 0 Å². The number of carbonyl (C=O) groups is 1. The number of rotatable bonds is 11. The summed E-state index contributed by atoms with van der Waals surface area (Å²) in [4.78, 5) is 11.4. The van der Waals surface area contributed by atoms with Crippen molar-refractivity contribution >= 4 is 5.97 Å². The van der Waals surface area contributed by atoms with E-state index in [2.05, 4.69) is 13.8 Å². The molecule has 0 aliphatic carbocycles. The number of carbonyl (C=O) groups excluding carboxylic acids is 1. The molecule has 0 N–H and O–H groups in total. The summed E-state index contributed by atoms with van der Waals surface area (Å²) in [6.45, 7) is 7.38. The van der Waals surface area contributed by atoms with Gasteiger partial charge in [-0.2, -0.15) is 0 Å². The van der Waals surface area contributed by atoms with Gasteiger partial charge in [0.2, 0.25) is 0 Å². The fourth-order valence-electron chi connectivity index (χ4n) is 1.68. The minimum Gasteiger partial charge on any atom is -0.466 e. The quantitative estimate of drug-likeness (QED) is 0.410. The van der Waals surface area contributed by atoms with Crippen LogP contribution in [0.25, 0.3) is 0 Å². The summed E-state index contributed by atoms with van der Waals surface area (Å²) >= 11 is 0. The Morgan fingerprint density at radius 2 is 1.76 bits per heavy atom. The highest BCUT2D eigenvalue weighted by Gasteiger charge is 2.14. The first-order valence-corrected chi connectivity index (χ1v) is 7.01. The number of esters is 1. The summed E-state index contributed by atoms with van der Waals surface area (Å²) < 4.78 is 10.7. The van der Waals surface area contributed by atoms with Gasteiger partial charge in [-0.3, -0.25) is 4.79 Å². The molecule has 0 radical (unpaired) electrons. The molecule has 17 heavy (non-hydrogen) atoms. The topological polar surface area (TPSA) is 35.5 Å². The zero-order chi connectivity index (χ0) is 12.9. The maximum Gasteiger partial charge on any atom is 0.308 e. The average Bonchev–Trinajstić information content (AvgIpc) is 2.31. The molecule has 0 aliphatic heterocycles. The Bertz CT molecular complexity index is 180. The third kappa shape index (κ3) is 10.3. The van der Waals surface area contributed by atoms with Gasteiger partial charge in [0.15, 0.2) is 0 Å². The molecule has 3 nitrogen and oxygen atoms in total. The highest BCUT2D eigenvalue weighted by molar-refractivity contribution is 5.69. The molecule has 0 saturated carbocycles. The van der Waals surface area contributed by atoms with Gasteiger partial charge in [-0.1, -0.05) is 39.5 Å². The Labute approximate surface area is 106 Å². The number of unbranched alkanes of at least 4 members (excludes halogenated alkanes) is 3. The van der Waals surface area contributed by atoms with Crippen molar-refractivity contribution in [2.24, 2.45) is 0 Å². The van der Waals surface area contributed by atoms with E-state index in [0.29, 0.717) is 13.0 Å². The van der Waals surface area contributed by atoms with Gasteiger partial charge in [-0.15, -0.1) is 0 Å². The summed E-state index contributed by atoms with van der Waals surface area (Å²) in [6.07, 6.45) is 7.13. The molecule has 0 aromatic rings. The van der Waals surface area contributed by atoms with Gasteiger partial charge in [-0.25, -0.2) is 0 Å². The summed E-state index contributed by atoms with van der Waals surface area (Å²) in [5.74, 6) is -0.135. The maximum absolute atomic E-state index is 11.4. The van der Waals surface area contributed by atoms with Crippen LogP contribution in [-0.4, -0.2) is 25.3 Å². The fourth-order valence-corrected chi connectivity index (χ4v) is 1.68. The lowest BCUT2D eigenvalue weighted by molar-refractivity contribution is -0.146. The first-order valence-electron chi connectivity index (χ1n) is 7.01. The SMILES string of the molecule is CCCCCOC(CCCC)CC(=O)OCC. The number of ether oxygens (including phenoxy) is 2. The molecule has 0 amide bonds. The van der Waals surface area contributed by atoms with Gasteiger partial charge in [0.05, 0.1) is 19.1 Å². The predicted molar refractivity (Wildman–Crippen MR) is 70.0 cm³/mol. The van der Waals surface area contributed by atoms with E-state index in [-0.39, 0.29) is 12.1 Å². The lowest BCUT2D eigenvalue weighted by atomic mass is 10.1. The van der Waals surface area contributed by atoms with Crippen molar-refractivity contribution in [3.05, 3.63) is 0 Å². The van der Waals surface area contributed by atoms with E-state index in [4.69, 9.17) is 9.47 Å². The zero-order valence-electron chi connectivity index (χ0n) is 11.7. The average molecular weight is 244 g/mol. The highest BCUT2D eigenvalue weighted by atomic mass is 16.5. The Balaban J connectivity index is 3.82. The summed E-state index contributed by atoms with van der Waals surface area (Å²) in [7, 11) is 0. The molecule has 1 unspecified atom stereocenters. The molecule has 0 rings (SSSR count). The van der Waals surface area contributed by atoms with Gasteiger partial charge >= 0.3 is 5.97 Å². The normalized spacial score (nSPS) is 12.4. The van der Waals surface area contributed by atoms with Crippen LogP contribution in [0.3, 0.4) is 0 Å². The minimum atomic E-state index is -0.135. The van der Waals surface area contributed by atoms with E-state index < -0.39 is 0 Å². The van der Waals surface area contributed by atoms with Crippen LogP contribution >= 0.6 is 0 Å². The van der Waals surface area contributed by atoms with E-state index >= 15 is 0 Å². The number of hydrogen-bond donors (Lipinski definition) is 0. The zero-order valence-corrected chi connectivity index (χ0v) is 11.7. The highest BCUT2D eigenvalue weighted by Crippen LogP contribution is 2.11. The molecule has 0 aromatic heterocycles. The summed E-state index contributed by atoms with van der Waals surface area (Å²) in [6, 6.07) is 0. The van der Waals surface area contributed by atoms with Gasteiger partial charge in [0, 0.05) is 6.61 Å². The Hall–Kier alpha value is -0.570. The van der Waals surface area contributed by atoms with Crippen molar-refractivity contribution < 1.29 is 14.3 Å². The molecular weight excluding hydrogens is 216 g/mol. The molecule has 0 bridgehead atoms. The largest absolute Gasteiger partial charge is 0.466 e. The molecule has 0 heterocycles. The van der Waals surface area contributed by atoms with Crippen LogP contribution in [-0.2, 0) is 14.3 Å². The van der Waals surface area contributed by atoms with Crippen molar-refractivity contribution in [2.75, 3.05) is 13.2 Å². The molecule has 0 aromatic carbocycles. The monoisotopic (exact) mass is 244 g/mol. The van der Waals surface area contributed by atoms with Gasteiger partial charge in [0.1, 0.15) is 0 Å². The third-order valence-corrected chi connectivity index (χ3v) is 2.68. The van der Waals surface area contributed by atoms with Crippen LogP contribution in [0.2, 0.25) is 0 Å². The van der Waals surface area contributed by atoms with Crippen LogP contribution < -0.4 is 0 Å². The van der Waals surface area contributed by atoms with Crippen molar-refractivity contribution in [1.29, 1.82) is 0 Å². The minimum absolute atomic E-state index is 0.0471. The lowest BCUT2D eigenvalue weighted by Crippen LogP contribution is -2.20. The molecule has 102 valence electrons. The molecule has 0 saturated heterocycles. The van der Waals surface area contributed by atoms with Crippen molar-refractivity contribution in [1.82, 2.24) is 0 Å². The molecular formula is C14H28O3. The lowest BCUT2D eigenvalue weighted by Gasteiger charge is -2.16. The van der Waals surface area contributed by atoms with Gasteiger partial charge < -0.3 is 9.47 Å². The second-order valence-electron chi connectivity index (χ2n) is 4.35. The van der Waals surface area contributed by atoms with Crippen LogP contribution in [0.15, 0.2) is 0 Å². The van der Waals surface area contributed by atoms with Crippen LogP contribution in [0.1, 0.15) is 65.7 Å². The van der Waals surface area contributed by atoms with Crippen molar-refractivity contribution in [2.45, 2.75) is 71.8 Å². The first kappa shape index (κ1) is 16.4. The van der Waals surface area contributed by atoms with E-state index in [1.807, 2.05) is 6.92 Å². The molecule has 3 heteroatoms. The summed E-state index contributed by atoms with van der Waals surface area (Å²) in [5, 5.41) is 0. The van der Waals surface area contributed by atoms with E-state index in [9.17, 15) is 4.79 Å². The third-order valence-electron chi connectivity index (χ3n) is 2.68. The molecule has 0 fully saturated rings. The van der Waals surface area contributed by atoms with Crippen LogP contribution in [0.4, 0.5) is 0 Å². The smallest absolute Gasteiger partial charge is 0.308 e. The van der Waals surface area contributed by atoms with Crippen LogP contribution in [0.5, 0.6) is 0 Å². The van der Waals surface area contributed by atoms with Crippen molar-refractivity contribution in [3.63, 3.8) is 0 Å². The molecule has 1 atom stereocenters. The van der Waals surface area contributed by atoms with Crippen LogP contribution in [0, 0.1) is 0 Å². The molecule has 0 aliphatic rings. The second-order valence-corrected chi connectivity index (χ2v) is 4.35. The second kappa shape index (κ2) is 11.9. The van der Waals surface area contributed by atoms with E-state index in [1.165, 1.54) is 12.8 Å². The van der Waals surface area contributed by atoms with E-state index in [1.54, 1.807) is 0 Å². The standard InChI is InChI=1S/C14H28O3/c1-4-7-9-11-17-13(10-8-5-2)12-14(15)16-6-3/h13H,4-12H2,1-3H3. The Morgan fingerprint density at radius 1 is 1.06 bits per heavy atom. The molecule has 0 spiro atoms.